The monoisotopic (exact) mass is 241 g/mol. The van der Waals surface area contributed by atoms with E-state index in [-0.39, 0.29) is 46.5 Å². The van der Waals surface area contributed by atoms with Crippen LogP contribution in [0.1, 0.15) is 54.4 Å². The summed E-state index contributed by atoms with van der Waals surface area (Å²) < 4.78 is 0. The van der Waals surface area contributed by atoms with E-state index >= 15 is 0 Å². The van der Waals surface area contributed by atoms with Crippen molar-refractivity contribution in [1.29, 1.82) is 0 Å². The third-order valence-electron chi connectivity index (χ3n) is 3.07. The largest absolute Gasteiger partial charge is 2.00 e. The van der Waals surface area contributed by atoms with Gasteiger partial charge in [0.25, 0.3) is 0 Å². The van der Waals surface area contributed by atoms with Gasteiger partial charge in [0, 0.05) is 0 Å². The molecule has 15 heavy (non-hydrogen) atoms. The van der Waals surface area contributed by atoms with Crippen molar-refractivity contribution in [1.82, 2.24) is 0 Å². The zero-order valence-corrected chi connectivity index (χ0v) is 13.3. The molecular formula is C12H24ClMgN. The van der Waals surface area contributed by atoms with Crippen molar-refractivity contribution in [3.63, 3.8) is 0 Å². The van der Waals surface area contributed by atoms with E-state index in [4.69, 9.17) is 5.32 Å². The van der Waals surface area contributed by atoms with E-state index in [1.54, 1.807) is 0 Å². The molecule has 3 heteroatoms. The zero-order chi connectivity index (χ0) is 10.3. The quantitative estimate of drug-likeness (QED) is 0.598. The van der Waals surface area contributed by atoms with Crippen molar-refractivity contribution < 1.29 is 12.4 Å². The summed E-state index contributed by atoms with van der Waals surface area (Å²) in [6.45, 7) is 13.7. The maximum atomic E-state index is 4.88. The molecule has 1 fully saturated rings. The number of piperidine rings is 1. The molecule has 0 saturated carbocycles. The standard InChI is InChI=1S/C12H24N.ClH.Mg/c1-9(2)10-7-11(3,4)13-12(5,6)8-10;;/h9-10H,7-8H2,1-6H3;1H;/q-1;;+2/p-1. The van der Waals surface area contributed by atoms with Gasteiger partial charge in [-0.1, -0.05) is 54.4 Å². The van der Waals surface area contributed by atoms with E-state index in [0.717, 1.165) is 11.8 Å². The van der Waals surface area contributed by atoms with Crippen molar-refractivity contribution in [3.05, 3.63) is 5.32 Å². The fourth-order valence-corrected chi connectivity index (χ4v) is 2.74. The van der Waals surface area contributed by atoms with Crippen molar-refractivity contribution in [3.8, 4) is 0 Å². The van der Waals surface area contributed by atoms with Gasteiger partial charge in [0.05, 0.1) is 0 Å². The summed E-state index contributed by atoms with van der Waals surface area (Å²) in [5.74, 6) is 1.65. The van der Waals surface area contributed by atoms with Crippen LogP contribution in [0.3, 0.4) is 0 Å². The predicted molar refractivity (Wildman–Crippen MR) is 64.8 cm³/mol. The normalized spacial score (nSPS) is 24.2. The summed E-state index contributed by atoms with van der Waals surface area (Å²) >= 11 is 0. The molecule has 0 radical (unpaired) electrons. The van der Waals surface area contributed by atoms with Gasteiger partial charge in [-0.2, -0.15) is 0 Å². The molecule has 0 unspecified atom stereocenters. The molecule has 0 spiro atoms. The number of hydrogen-bond acceptors (Lipinski definition) is 0. The van der Waals surface area contributed by atoms with Gasteiger partial charge in [0.2, 0.25) is 0 Å². The Morgan fingerprint density at radius 2 is 1.33 bits per heavy atom. The first kappa shape index (κ1) is 18.4. The van der Waals surface area contributed by atoms with E-state index in [1.165, 1.54) is 12.8 Å². The van der Waals surface area contributed by atoms with E-state index in [9.17, 15) is 0 Å². The van der Waals surface area contributed by atoms with Crippen LogP contribution in [0.2, 0.25) is 0 Å². The molecular weight excluding hydrogens is 218 g/mol. The van der Waals surface area contributed by atoms with Gasteiger partial charge in [0.15, 0.2) is 0 Å². The molecule has 0 aliphatic carbocycles. The molecule has 86 valence electrons. The molecule has 0 atom stereocenters. The number of rotatable bonds is 1. The van der Waals surface area contributed by atoms with Crippen LogP contribution in [0.4, 0.5) is 0 Å². The predicted octanol–water partition coefficient (Wildman–Crippen LogP) is 0.607. The van der Waals surface area contributed by atoms with Gasteiger partial charge in [-0.3, -0.25) is 0 Å². The van der Waals surface area contributed by atoms with Gasteiger partial charge in [0.1, 0.15) is 0 Å². The Hall–Kier alpha value is 1.02. The second kappa shape index (κ2) is 6.09. The minimum atomic E-state index is 0. The van der Waals surface area contributed by atoms with Crippen molar-refractivity contribution >= 4 is 23.1 Å². The van der Waals surface area contributed by atoms with Crippen molar-refractivity contribution in [2.75, 3.05) is 0 Å². The summed E-state index contributed by atoms with van der Waals surface area (Å²) in [7, 11) is 0. The molecule has 0 aromatic carbocycles. The van der Waals surface area contributed by atoms with Gasteiger partial charge in [-0.25, -0.2) is 0 Å². The van der Waals surface area contributed by atoms with Crippen LogP contribution in [-0.4, -0.2) is 34.1 Å². The van der Waals surface area contributed by atoms with Crippen molar-refractivity contribution in [2.24, 2.45) is 11.8 Å². The molecule has 1 saturated heterocycles. The molecule has 1 aliphatic heterocycles. The minimum absolute atomic E-state index is 0. The Bertz CT molecular complexity index is 174. The smallest absolute Gasteiger partial charge is 1.00 e. The van der Waals surface area contributed by atoms with Crippen molar-refractivity contribution in [2.45, 2.75) is 65.5 Å². The topological polar surface area (TPSA) is 14.1 Å². The average Bonchev–Trinajstić information content (AvgIpc) is 1.79. The third kappa shape index (κ3) is 5.76. The Balaban J connectivity index is 0. The summed E-state index contributed by atoms with van der Waals surface area (Å²) in [5, 5.41) is 4.88. The molecule has 0 amide bonds. The van der Waals surface area contributed by atoms with Crippen LogP contribution in [0, 0.1) is 11.8 Å². The van der Waals surface area contributed by atoms with E-state index in [2.05, 4.69) is 41.5 Å². The molecule has 0 aromatic heterocycles. The first-order valence-corrected chi connectivity index (χ1v) is 5.46. The van der Waals surface area contributed by atoms with Gasteiger partial charge in [-0.15, -0.1) is 11.1 Å². The van der Waals surface area contributed by atoms with E-state index in [1.807, 2.05) is 0 Å². The Kier molecular flexibility index (Phi) is 7.46. The second-order valence-corrected chi connectivity index (χ2v) is 6.15. The minimum Gasteiger partial charge on any atom is -1.00 e. The maximum absolute atomic E-state index is 4.88. The van der Waals surface area contributed by atoms with Crippen LogP contribution in [0.25, 0.3) is 5.32 Å². The number of nitrogens with zero attached hydrogens (tertiary/aromatic N) is 1. The summed E-state index contributed by atoms with van der Waals surface area (Å²) in [4.78, 5) is 0. The summed E-state index contributed by atoms with van der Waals surface area (Å²) in [6, 6.07) is 0. The Morgan fingerprint density at radius 1 is 1.00 bits per heavy atom. The summed E-state index contributed by atoms with van der Waals surface area (Å²) in [6.07, 6.45) is 2.52. The molecule has 0 N–H and O–H groups in total. The third-order valence-corrected chi connectivity index (χ3v) is 3.07. The fraction of sp³-hybridized carbons (Fsp3) is 1.00. The Labute approximate surface area is 118 Å². The first-order chi connectivity index (χ1) is 5.72. The number of hydrogen-bond donors (Lipinski definition) is 0. The van der Waals surface area contributed by atoms with Gasteiger partial charge in [-0.05, 0) is 11.8 Å². The fourth-order valence-electron chi connectivity index (χ4n) is 2.74. The summed E-state index contributed by atoms with van der Waals surface area (Å²) in [5.41, 5.74) is 0.382. The molecule has 1 heterocycles. The number of halogens is 1. The average molecular weight is 242 g/mol. The second-order valence-electron chi connectivity index (χ2n) is 6.15. The van der Waals surface area contributed by atoms with Crippen LogP contribution in [0.15, 0.2) is 0 Å². The zero-order valence-electron chi connectivity index (χ0n) is 11.1. The SMILES string of the molecule is CC(C)C1CC(C)(C)[N-]C(C)(C)C1.[Cl-].[Mg+2]. The molecule has 1 rings (SSSR count). The Morgan fingerprint density at radius 3 is 1.60 bits per heavy atom. The van der Waals surface area contributed by atoms with Crippen LogP contribution >= 0.6 is 0 Å². The molecule has 1 aliphatic rings. The van der Waals surface area contributed by atoms with Gasteiger partial charge < -0.3 is 17.7 Å². The van der Waals surface area contributed by atoms with E-state index in [0.29, 0.717) is 0 Å². The molecule has 0 bridgehead atoms. The maximum Gasteiger partial charge on any atom is 2.00 e. The first-order valence-electron chi connectivity index (χ1n) is 5.46. The van der Waals surface area contributed by atoms with Crippen LogP contribution in [0.5, 0.6) is 0 Å². The van der Waals surface area contributed by atoms with E-state index < -0.39 is 0 Å². The van der Waals surface area contributed by atoms with Crippen LogP contribution < -0.4 is 12.4 Å². The molecule has 1 nitrogen and oxygen atoms in total. The molecule has 0 aromatic rings. The van der Waals surface area contributed by atoms with Crippen LogP contribution in [-0.2, 0) is 0 Å². The van der Waals surface area contributed by atoms with Gasteiger partial charge >= 0.3 is 23.1 Å².